The van der Waals surface area contributed by atoms with Gasteiger partial charge in [0.2, 0.25) is 0 Å². The van der Waals surface area contributed by atoms with Gasteiger partial charge in [-0.25, -0.2) is 0 Å². The summed E-state index contributed by atoms with van der Waals surface area (Å²) >= 11 is 0. The van der Waals surface area contributed by atoms with E-state index in [1.165, 1.54) is 5.56 Å². The lowest BCUT2D eigenvalue weighted by atomic mass is 9.96. The van der Waals surface area contributed by atoms with Crippen molar-refractivity contribution in [1.29, 1.82) is 0 Å². The van der Waals surface area contributed by atoms with Crippen molar-refractivity contribution < 1.29 is 9.47 Å². The predicted molar refractivity (Wildman–Crippen MR) is 70.8 cm³/mol. The monoisotopic (exact) mass is 237 g/mol. The molecule has 3 heteroatoms. The lowest BCUT2D eigenvalue weighted by molar-refractivity contribution is 0.392. The van der Waals surface area contributed by atoms with Crippen molar-refractivity contribution in [2.75, 3.05) is 20.8 Å². The Balaban J connectivity index is 2.95. The molecule has 0 aliphatic rings. The van der Waals surface area contributed by atoms with Gasteiger partial charge in [-0.1, -0.05) is 6.92 Å². The van der Waals surface area contributed by atoms with Gasteiger partial charge < -0.3 is 15.2 Å². The number of hydrogen-bond acceptors (Lipinski definition) is 3. The topological polar surface area (TPSA) is 44.5 Å². The highest BCUT2D eigenvalue weighted by atomic mass is 16.5. The average molecular weight is 237 g/mol. The molecule has 0 amide bonds. The third-order valence-corrected chi connectivity index (χ3v) is 3.03. The smallest absolute Gasteiger partial charge is 0.122 e. The van der Waals surface area contributed by atoms with Crippen LogP contribution < -0.4 is 15.2 Å². The molecule has 0 aliphatic carbocycles. The largest absolute Gasteiger partial charge is 0.496 e. The molecule has 1 unspecified atom stereocenters. The summed E-state index contributed by atoms with van der Waals surface area (Å²) in [5.74, 6) is 2.41. The van der Waals surface area contributed by atoms with Crippen LogP contribution >= 0.6 is 0 Å². The molecule has 1 atom stereocenters. The van der Waals surface area contributed by atoms with Crippen LogP contribution in [-0.4, -0.2) is 20.8 Å². The number of ether oxygens (including phenoxy) is 2. The molecule has 0 saturated carbocycles. The summed E-state index contributed by atoms with van der Waals surface area (Å²) in [6.07, 6.45) is 2.00. The standard InChI is InChI=1S/C14H23NO2/c1-10(5-6-15)7-12-9-13(16-3)11(2)8-14(12)17-4/h8-10H,5-7,15H2,1-4H3. The molecule has 0 aromatic heterocycles. The zero-order chi connectivity index (χ0) is 12.8. The molecule has 96 valence electrons. The fraction of sp³-hybridized carbons (Fsp3) is 0.571. The molecular weight excluding hydrogens is 214 g/mol. The summed E-state index contributed by atoms with van der Waals surface area (Å²) in [6, 6.07) is 4.10. The predicted octanol–water partition coefficient (Wildman–Crippen LogP) is 2.54. The van der Waals surface area contributed by atoms with Crippen molar-refractivity contribution in [3.63, 3.8) is 0 Å². The molecule has 0 fully saturated rings. The van der Waals surface area contributed by atoms with E-state index in [1.54, 1.807) is 14.2 Å². The van der Waals surface area contributed by atoms with E-state index in [0.29, 0.717) is 5.92 Å². The Hall–Kier alpha value is -1.22. The molecule has 1 rings (SSSR count). The summed E-state index contributed by atoms with van der Waals surface area (Å²) in [4.78, 5) is 0. The van der Waals surface area contributed by atoms with Crippen LogP contribution in [0, 0.1) is 12.8 Å². The minimum absolute atomic E-state index is 0.557. The highest BCUT2D eigenvalue weighted by molar-refractivity contribution is 5.46. The van der Waals surface area contributed by atoms with Gasteiger partial charge in [0.25, 0.3) is 0 Å². The van der Waals surface area contributed by atoms with Gasteiger partial charge in [-0.05, 0) is 55.5 Å². The molecular formula is C14H23NO2. The lowest BCUT2D eigenvalue weighted by Crippen LogP contribution is -2.09. The first kappa shape index (κ1) is 13.8. The van der Waals surface area contributed by atoms with Crippen molar-refractivity contribution in [3.05, 3.63) is 23.3 Å². The number of rotatable bonds is 6. The lowest BCUT2D eigenvalue weighted by Gasteiger charge is -2.16. The minimum atomic E-state index is 0.557. The second-order valence-corrected chi connectivity index (χ2v) is 4.52. The zero-order valence-corrected chi connectivity index (χ0v) is 11.2. The molecule has 17 heavy (non-hydrogen) atoms. The van der Waals surface area contributed by atoms with Crippen LogP contribution in [0.5, 0.6) is 11.5 Å². The SMILES string of the molecule is COc1cc(CC(C)CCN)c(OC)cc1C. The van der Waals surface area contributed by atoms with Crippen LogP contribution in [0.25, 0.3) is 0 Å². The average Bonchev–Trinajstić information content (AvgIpc) is 2.31. The number of methoxy groups -OCH3 is 2. The Labute approximate surface area is 104 Å². The zero-order valence-electron chi connectivity index (χ0n) is 11.2. The molecule has 0 radical (unpaired) electrons. The van der Waals surface area contributed by atoms with E-state index in [2.05, 4.69) is 13.0 Å². The Morgan fingerprint density at radius 3 is 2.35 bits per heavy atom. The van der Waals surface area contributed by atoms with Gasteiger partial charge in [0.15, 0.2) is 0 Å². The van der Waals surface area contributed by atoms with Crippen molar-refractivity contribution in [3.8, 4) is 11.5 Å². The van der Waals surface area contributed by atoms with E-state index < -0.39 is 0 Å². The third kappa shape index (κ3) is 3.63. The van der Waals surface area contributed by atoms with Crippen LogP contribution in [0.1, 0.15) is 24.5 Å². The van der Waals surface area contributed by atoms with E-state index >= 15 is 0 Å². The number of hydrogen-bond donors (Lipinski definition) is 1. The molecule has 0 saturated heterocycles. The van der Waals surface area contributed by atoms with Gasteiger partial charge in [-0.2, -0.15) is 0 Å². The molecule has 0 spiro atoms. The minimum Gasteiger partial charge on any atom is -0.496 e. The highest BCUT2D eigenvalue weighted by Gasteiger charge is 2.11. The maximum Gasteiger partial charge on any atom is 0.122 e. The van der Waals surface area contributed by atoms with Gasteiger partial charge in [0, 0.05) is 0 Å². The first-order valence-corrected chi connectivity index (χ1v) is 6.04. The summed E-state index contributed by atoms with van der Waals surface area (Å²) in [5.41, 5.74) is 7.87. The van der Waals surface area contributed by atoms with Crippen LogP contribution in [-0.2, 0) is 6.42 Å². The Bertz CT molecular complexity index is 363. The summed E-state index contributed by atoms with van der Waals surface area (Å²) in [7, 11) is 3.40. The van der Waals surface area contributed by atoms with E-state index in [-0.39, 0.29) is 0 Å². The van der Waals surface area contributed by atoms with Gasteiger partial charge in [0.05, 0.1) is 14.2 Å². The van der Waals surface area contributed by atoms with E-state index in [4.69, 9.17) is 15.2 Å². The molecule has 3 nitrogen and oxygen atoms in total. The molecule has 0 heterocycles. The van der Waals surface area contributed by atoms with E-state index in [9.17, 15) is 0 Å². The molecule has 1 aromatic carbocycles. The summed E-state index contributed by atoms with van der Waals surface area (Å²) in [6.45, 7) is 4.96. The van der Waals surface area contributed by atoms with Gasteiger partial charge >= 0.3 is 0 Å². The van der Waals surface area contributed by atoms with Crippen molar-refractivity contribution in [1.82, 2.24) is 0 Å². The second-order valence-electron chi connectivity index (χ2n) is 4.52. The maximum absolute atomic E-state index is 5.58. The quantitative estimate of drug-likeness (QED) is 0.827. The Morgan fingerprint density at radius 2 is 1.82 bits per heavy atom. The van der Waals surface area contributed by atoms with Crippen LogP contribution in [0.3, 0.4) is 0 Å². The second kappa shape index (κ2) is 6.50. The molecule has 1 aromatic rings. The summed E-state index contributed by atoms with van der Waals surface area (Å²) in [5, 5.41) is 0. The fourth-order valence-corrected chi connectivity index (χ4v) is 2.04. The maximum atomic E-state index is 5.58. The molecule has 2 N–H and O–H groups in total. The third-order valence-electron chi connectivity index (χ3n) is 3.03. The van der Waals surface area contributed by atoms with E-state index in [1.807, 2.05) is 13.0 Å². The van der Waals surface area contributed by atoms with Crippen molar-refractivity contribution >= 4 is 0 Å². The van der Waals surface area contributed by atoms with Gasteiger partial charge in [0.1, 0.15) is 11.5 Å². The molecule has 0 bridgehead atoms. The first-order chi connectivity index (χ1) is 8.12. The van der Waals surface area contributed by atoms with Gasteiger partial charge in [-0.15, -0.1) is 0 Å². The first-order valence-electron chi connectivity index (χ1n) is 6.04. The van der Waals surface area contributed by atoms with Gasteiger partial charge in [-0.3, -0.25) is 0 Å². The van der Waals surface area contributed by atoms with Crippen LogP contribution in [0.2, 0.25) is 0 Å². The van der Waals surface area contributed by atoms with Crippen molar-refractivity contribution in [2.45, 2.75) is 26.7 Å². The van der Waals surface area contributed by atoms with Crippen molar-refractivity contribution in [2.24, 2.45) is 11.7 Å². The highest BCUT2D eigenvalue weighted by Crippen LogP contribution is 2.30. The Morgan fingerprint density at radius 1 is 1.18 bits per heavy atom. The fourth-order valence-electron chi connectivity index (χ4n) is 2.04. The number of benzene rings is 1. The van der Waals surface area contributed by atoms with Crippen LogP contribution in [0.4, 0.5) is 0 Å². The summed E-state index contributed by atoms with van der Waals surface area (Å²) < 4.78 is 10.8. The Kier molecular flexibility index (Phi) is 5.29. The number of aryl methyl sites for hydroxylation is 1. The normalized spacial score (nSPS) is 12.3. The molecule has 0 aliphatic heterocycles. The van der Waals surface area contributed by atoms with Crippen LogP contribution in [0.15, 0.2) is 12.1 Å². The van der Waals surface area contributed by atoms with E-state index in [0.717, 1.165) is 36.4 Å². The number of nitrogens with two attached hydrogens (primary N) is 1.